The summed E-state index contributed by atoms with van der Waals surface area (Å²) in [6.45, 7) is 0.810. The third kappa shape index (κ3) is 4.56. The van der Waals surface area contributed by atoms with Crippen LogP contribution in [0, 0.1) is 5.92 Å². The molecule has 1 aromatic carbocycles. The molecule has 0 aliphatic heterocycles. The van der Waals surface area contributed by atoms with Crippen molar-refractivity contribution in [3.05, 3.63) is 29.8 Å². The fraction of sp³-hybridized carbons (Fsp3) is 0.500. The molecule has 2 amide bonds. The SMILES string of the molecule is NCCNC(=O)c1ccccc1NC(=O)CCC1CCC1. The first-order chi connectivity index (χ1) is 10.2. The van der Waals surface area contributed by atoms with Crippen LogP contribution in [0.5, 0.6) is 0 Å². The molecule has 0 aromatic heterocycles. The average molecular weight is 289 g/mol. The molecule has 21 heavy (non-hydrogen) atoms. The van der Waals surface area contributed by atoms with E-state index in [2.05, 4.69) is 10.6 Å². The van der Waals surface area contributed by atoms with Gasteiger partial charge in [-0.25, -0.2) is 0 Å². The number of nitrogens with one attached hydrogen (secondary N) is 2. The highest BCUT2D eigenvalue weighted by Crippen LogP contribution is 2.30. The summed E-state index contributed by atoms with van der Waals surface area (Å²) in [5.74, 6) is 0.468. The molecule has 1 saturated carbocycles. The van der Waals surface area contributed by atoms with E-state index in [1.165, 1.54) is 19.3 Å². The second-order valence-corrected chi connectivity index (χ2v) is 5.47. The molecule has 114 valence electrons. The Bertz CT molecular complexity index is 498. The molecule has 1 aliphatic carbocycles. The predicted molar refractivity (Wildman–Crippen MR) is 83.0 cm³/mol. The van der Waals surface area contributed by atoms with Crippen LogP contribution >= 0.6 is 0 Å². The summed E-state index contributed by atoms with van der Waals surface area (Å²) in [6, 6.07) is 7.04. The molecule has 0 bridgehead atoms. The van der Waals surface area contributed by atoms with Gasteiger partial charge in [-0.05, 0) is 24.5 Å². The number of rotatable bonds is 7. The highest BCUT2D eigenvalue weighted by molar-refractivity contribution is 6.03. The maximum Gasteiger partial charge on any atom is 0.253 e. The summed E-state index contributed by atoms with van der Waals surface area (Å²) < 4.78 is 0. The molecule has 0 radical (unpaired) electrons. The van der Waals surface area contributed by atoms with Crippen molar-refractivity contribution in [2.24, 2.45) is 11.7 Å². The van der Waals surface area contributed by atoms with Crippen molar-refractivity contribution in [3.8, 4) is 0 Å². The van der Waals surface area contributed by atoms with E-state index in [1.54, 1.807) is 24.3 Å². The number of benzene rings is 1. The molecule has 0 heterocycles. The van der Waals surface area contributed by atoms with Crippen LogP contribution in [0.1, 0.15) is 42.5 Å². The number of hydrogen-bond acceptors (Lipinski definition) is 3. The van der Waals surface area contributed by atoms with Crippen molar-refractivity contribution in [1.29, 1.82) is 0 Å². The van der Waals surface area contributed by atoms with Gasteiger partial charge in [-0.15, -0.1) is 0 Å². The van der Waals surface area contributed by atoms with E-state index in [0.29, 0.717) is 36.7 Å². The van der Waals surface area contributed by atoms with E-state index < -0.39 is 0 Å². The van der Waals surface area contributed by atoms with Gasteiger partial charge in [-0.2, -0.15) is 0 Å². The highest BCUT2D eigenvalue weighted by atomic mass is 16.2. The largest absolute Gasteiger partial charge is 0.351 e. The molecule has 5 heteroatoms. The zero-order chi connectivity index (χ0) is 15.1. The van der Waals surface area contributed by atoms with Crippen molar-refractivity contribution >= 4 is 17.5 Å². The van der Waals surface area contributed by atoms with E-state index in [4.69, 9.17) is 5.73 Å². The third-order valence-corrected chi connectivity index (χ3v) is 3.88. The number of carbonyl (C=O) groups is 2. The normalized spacial score (nSPS) is 14.3. The van der Waals surface area contributed by atoms with E-state index in [1.807, 2.05) is 0 Å². The first-order valence-electron chi connectivity index (χ1n) is 7.58. The molecular weight excluding hydrogens is 266 g/mol. The lowest BCUT2D eigenvalue weighted by atomic mass is 9.82. The molecule has 1 aromatic rings. The number of amides is 2. The van der Waals surface area contributed by atoms with Gasteiger partial charge in [0.05, 0.1) is 11.3 Å². The van der Waals surface area contributed by atoms with Crippen LogP contribution in [0.2, 0.25) is 0 Å². The maximum absolute atomic E-state index is 12.0. The molecule has 5 nitrogen and oxygen atoms in total. The van der Waals surface area contributed by atoms with E-state index in [-0.39, 0.29) is 11.8 Å². The fourth-order valence-corrected chi connectivity index (χ4v) is 2.40. The zero-order valence-corrected chi connectivity index (χ0v) is 12.2. The van der Waals surface area contributed by atoms with Crippen LogP contribution in [0.3, 0.4) is 0 Å². The first kappa shape index (κ1) is 15.5. The minimum absolute atomic E-state index is 0.0269. The number of anilines is 1. The third-order valence-electron chi connectivity index (χ3n) is 3.88. The number of hydrogen-bond donors (Lipinski definition) is 3. The summed E-state index contributed by atoms with van der Waals surface area (Å²) in [4.78, 5) is 24.0. The Morgan fingerprint density at radius 1 is 1.24 bits per heavy atom. The Morgan fingerprint density at radius 2 is 2.00 bits per heavy atom. The lowest BCUT2D eigenvalue weighted by molar-refractivity contribution is -0.116. The zero-order valence-electron chi connectivity index (χ0n) is 12.2. The van der Waals surface area contributed by atoms with Crippen LogP contribution in [-0.2, 0) is 4.79 Å². The molecule has 2 rings (SSSR count). The summed E-state index contributed by atoms with van der Waals surface area (Å²) in [5.41, 5.74) is 6.41. The monoisotopic (exact) mass is 289 g/mol. The van der Waals surface area contributed by atoms with E-state index in [9.17, 15) is 9.59 Å². The van der Waals surface area contributed by atoms with Crippen LogP contribution < -0.4 is 16.4 Å². The van der Waals surface area contributed by atoms with Gasteiger partial charge in [-0.3, -0.25) is 9.59 Å². The van der Waals surface area contributed by atoms with Crippen molar-refractivity contribution < 1.29 is 9.59 Å². The Balaban J connectivity index is 1.91. The Labute approximate surface area is 125 Å². The van der Waals surface area contributed by atoms with Gasteiger partial charge in [-0.1, -0.05) is 31.4 Å². The number of para-hydroxylation sites is 1. The van der Waals surface area contributed by atoms with Crippen molar-refractivity contribution in [2.45, 2.75) is 32.1 Å². The van der Waals surface area contributed by atoms with Gasteiger partial charge in [0, 0.05) is 19.5 Å². The maximum atomic E-state index is 12.0. The first-order valence-corrected chi connectivity index (χ1v) is 7.58. The molecule has 0 unspecified atom stereocenters. The van der Waals surface area contributed by atoms with E-state index >= 15 is 0 Å². The van der Waals surface area contributed by atoms with E-state index in [0.717, 1.165) is 6.42 Å². The molecule has 1 fully saturated rings. The van der Waals surface area contributed by atoms with Crippen LogP contribution in [0.25, 0.3) is 0 Å². The Morgan fingerprint density at radius 3 is 2.67 bits per heavy atom. The second-order valence-electron chi connectivity index (χ2n) is 5.47. The molecule has 1 aliphatic rings. The molecular formula is C16H23N3O2. The van der Waals surface area contributed by atoms with Gasteiger partial charge < -0.3 is 16.4 Å². The van der Waals surface area contributed by atoms with Gasteiger partial charge in [0.25, 0.3) is 5.91 Å². The molecule has 4 N–H and O–H groups in total. The standard InChI is InChI=1S/C16H23N3O2/c17-10-11-18-16(21)13-6-1-2-7-14(13)19-15(20)9-8-12-4-3-5-12/h1-2,6-7,12H,3-5,8-11,17H2,(H,18,21)(H,19,20). The summed E-state index contributed by atoms with van der Waals surface area (Å²) in [5, 5.41) is 5.56. The molecule has 0 saturated heterocycles. The minimum Gasteiger partial charge on any atom is -0.351 e. The van der Waals surface area contributed by atoms with Crippen LogP contribution in [0.15, 0.2) is 24.3 Å². The fourth-order valence-electron chi connectivity index (χ4n) is 2.40. The quantitative estimate of drug-likeness (QED) is 0.716. The minimum atomic E-state index is -0.213. The molecule has 0 spiro atoms. The summed E-state index contributed by atoms with van der Waals surface area (Å²) in [7, 11) is 0. The number of carbonyl (C=O) groups excluding carboxylic acids is 2. The summed E-state index contributed by atoms with van der Waals surface area (Å²) in [6.07, 6.45) is 5.23. The van der Waals surface area contributed by atoms with Crippen molar-refractivity contribution in [1.82, 2.24) is 5.32 Å². The van der Waals surface area contributed by atoms with Crippen LogP contribution in [0.4, 0.5) is 5.69 Å². The van der Waals surface area contributed by atoms with Gasteiger partial charge in [0.1, 0.15) is 0 Å². The lowest BCUT2D eigenvalue weighted by Crippen LogP contribution is -2.30. The van der Waals surface area contributed by atoms with Crippen molar-refractivity contribution in [2.75, 3.05) is 18.4 Å². The van der Waals surface area contributed by atoms with Gasteiger partial charge in [0.15, 0.2) is 0 Å². The molecule has 0 atom stereocenters. The average Bonchev–Trinajstić information content (AvgIpc) is 2.43. The van der Waals surface area contributed by atoms with Gasteiger partial charge in [0.2, 0.25) is 5.91 Å². The number of nitrogens with two attached hydrogens (primary N) is 1. The topological polar surface area (TPSA) is 84.2 Å². The summed E-state index contributed by atoms with van der Waals surface area (Å²) >= 11 is 0. The smallest absolute Gasteiger partial charge is 0.253 e. The highest BCUT2D eigenvalue weighted by Gasteiger charge is 2.19. The van der Waals surface area contributed by atoms with Crippen molar-refractivity contribution in [3.63, 3.8) is 0 Å². The van der Waals surface area contributed by atoms with Gasteiger partial charge >= 0.3 is 0 Å². The Hall–Kier alpha value is -1.88. The second kappa shape index (κ2) is 7.78. The predicted octanol–water partition coefficient (Wildman–Crippen LogP) is 1.89. The lowest BCUT2D eigenvalue weighted by Gasteiger charge is -2.24. The van der Waals surface area contributed by atoms with Crippen LogP contribution in [-0.4, -0.2) is 24.9 Å². The Kier molecular flexibility index (Phi) is 5.75.